The molecule has 0 bridgehead atoms. The molecule has 2 unspecified atom stereocenters. The number of rotatable bonds is 6. The van der Waals surface area contributed by atoms with Gasteiger partial charge in [0.1, 0.15) is 16.4 Å². The zero-order valence-corrected chi connectivity index (χ0v) is 25.0. The van der Waals surface area contributed by atoms with Crippen LogP contribution in [-0.4, -0.2) is 42.9 Å². The van der Waals surface area contributed by atoms with Gasteiger partial charge in [-0.15, -0.1) is 0 Å². The molecule has 1 N–H and O–H groups in total. The number of carbonyl (C=O) groups excluding carboxylic acids is 1. The molecule has 43 heavy (non-hydrogen) atoms. The van der Waals surface area contributed by atoms with Crippen molar-refractivity contribution >= 4 is 33.3 Å². The molecular formula is C33H32ClF2NO5S. The van der Waals surface area contributed by atoms with E-state index in [0.717, 1.165) is 23.3 Å². The first kappa shape index (κ1) is 29.8. The van der Waals surface area contributed by atoms with Crippen molar-refractivity contribution in [2.75, 3.05) is 6.54 Å². The Hall–Kier alpha value is -3.30. The average Bonchev–Trinajstić information content (AvgIpc) is 3.40. The van der Waals surface area contributed by atoms with Crippen LogP contribution in [0, 0.1) is 23.5 Å². The monoisotopic (exact) mass is 627 g/mol. The van der Waals surface area contributed by atoms with Crippen molar-refractivity contribution in [1.29, 1.82) is 0 Å². The summed E-state index contributed by atoms with van der Waals surface area (Å²) in [5.74, 6) is -2.75. The average molecular weight is 628 g/mol. The van der Waals surface area contributed by atoms with Crippen LogP contribution in [0.5, 0.6) is 0 Å². The van der Waals surface area contributed by atoms with Crippen molar-refractivity contribution in [3.63, 3.8) is 0 Å². The zero-order chi connectivity index (χ0) is 30.5. The van der Waals surface area contributed by atoms with Gasteiger partial charge in [-0.2, -0.15) is 0 Å². The molecular weight excluding hydrogens is 596 g/mol. The second kappa shape index (κ2) is 11.3. The van der Waals surface area contributed by atoms with Gasteiger partial charge in [0.2, 0.25) is 5.91 Å². The Balaban J connectivity index is 1.39. The van der Waals surface area contributed by atoms with Gasteiger partial charge in [0, 0.05) is 29.5 Å². The van der Waals surface area contributed by atoms with Crippen molar-refractivity contribution in [3.8, 4) is 0 Å². The summed E-state index contributed by atoms with van der Waals surface area (Å²) in [6.45, 7) is 0.245. The fraction of sp³-hybridized carbons (Fsp3) is 0.394. The van der Waals surface area contributed by atoms with E-state index in [4.69, 9.17) is 11.6 Å². The minimum Gasteiger partial charge on any atom is -0.481 e. The van der Waals surface area contributed by atoms with E-state index in [2.05, 4.69) is 0 Å². The standard InChI is InChI=1S/C33H32ClF2NO5S/c34-28-2-1-3-29(36)26(28)19-20-4-14-27-23(18-20)9-15-30-33(27,43(41,42)25-12-10-24(35)11-13-25)16-17-37(30)31(38)21-5-7-22(8-6-21)32(39)40/h1-4,10-14,18,21-22,30H,5-9,15-17,19H2,(H,39,40). The van der Waals surface area contributed by atoms with Gasteiger partial charge in [-0.1, -0.05) is 35.9 Å². The predicted molar refractivity (Wildman–Crippen MR) is 157 cm³/mol. The van der Waals surface area contributed by atoms with E-state index in [9.17, 15) is 31.9 Å². The van der Waals surface area contributed by atoms with Gasteiger partial charge in [0.25, 0.3) is 0 Å². The highest BCUT2D eigenvalue weighted by molar-refractivity contribution is 7.92. The van der Waals surface area contributed by atoms with E-state index < -0.39 is 44.1 Å². The second-order valence-electron chi connectivity index (χ2n) is 11.9. The number of nitrogens with zero attached hydrogens (tertiary/aromatic N) is 1. The number of aliphatic carboxylic acids is 1. The molecule has 2 fully saturated rings. The number of aryl methyl sites for hydroxylation is 1. The van der Waals surface area contributed by atoms with Crippen molar-refractivity contribution in [2.45, 2.75) is 67.1 Å². The summed E-state index contributed by atoms with van der Waals surface area (Å²) in [6.07, 6.45) is 3.09. The Morgan fingerprint density at radius 3 is 2.33 bits per heavy atom. The van der Waals surface area contributed by atoms with E-state index in [-0.39, 0.29) is 36.1 Å². The van der Waals surface area contributed by atoms with Crippen molar-refractivity contribution in [2.24, 2.45) is 11.8 Å². The minimum atomic E-state index is -4.11. The van der Waals surface area contributed by atoms with Gasteiger partial charge in [-0.25, -0.2) is 17.2 Å². The van der Waals surface area contributed by atoms with Crippen LogP contribution in [0.15, 0.2) is 65.6 Å². The molecule has 1 aliphatic heterocycles. The molecule has 0 aromatic heterocycles. The normalized spacial score (nSPS) is 25.2. The first-order valence-corrected chi connectivity index (χ1v) is 16.5. The molecule has 3 aliphatic rings. The second-order valence-corrected chi connectivity index (χ2v) is 14.6. The number of amides is 1. The lowest BCUT2D eigenvalue weighted by atomic mass is 9.77. The fourth-order valence-corrected chi connectivity index (χ4v) is 10.1. The van der Waals surface area contributed by atoms with Crippen LogP contribution >= 0.6 is 11.6 Å². The number of carbonyl (C=O) groups is 2. The lowest BCUT2D eigenvalue weighted by molar-refractivity contribution is -0.146. The molecule has 6 nitrogen and oxygen atoms in total. The van der Waals surface area contributed by atoms with Crippen molar-refractivity contribution in [3.05, 3.63) is 99.6 Å². The van der Waals surface area contributed by atoms with E-state index in [1.54, 1.807) is 29.2 Å². The van der Waals surface area contributed by atoms with Crippen LogP contribution in [0.2, 0.25) is 5.02 Å². The highest BCUT2D eigenvalue weighted by atomic mass is 35.5. The molecule has 3 aromatic rings. The Labute approximate surface area is 254 Å². The summed E-state index contributed by atoms with van der Waals surface area (Å²) in [5.41, 5.74) is 2.59. The summed E-state index contributed by atoms with van der Waals surface area (Å²) in [7, 11) is -4.11. The van der Waals surface area contributed by atoms with Crippen LogP contribution in [-0.2, 0) is 37.0 Å². The van der Waals surface area contributed by atoms with Gasteiger partial charge in [-0.3, -0.25) is 9.59 Å². The molecule has 0 radical (unpaired) electrons. The molecule has 3 aromatic carbocycles. The number of fused-ring (bicyclic) bond motifs is 3. The maximum absolute atomic E-state index is 14.6. The quantitative estimate of drug-likeness (QED) is 0.323. The van der Waals surface area contributed by atoms with E-state index in [1.807, 2.05) is 6.07 Å². The first-order chi connectivity index (χ1) is 20.5. The summed E-state index contributed by atoms with van der Waals surface area (Å²) in [5, 5.41) is 9.70. The first-order valence-electron chi connectivity index (χ1n) is 14.6. The number of hydrogen-bond donors (Lipinski definition) is 1. The Morgan fingerprint density at radius 2 is 1.65 bits per heavy atom. The number of benzene rings is 3. The smallest absolute Gasteiger partial charge is 0.306 e. The molecule has 226 valence electrons. The van der Waals surface area contributed by atoms with E-state index in [1.165, 1.54) is 18.2 Å². The number of likely N-dealkylation sites (tertiary alicyclic amines) is 1. The number of hydrogen-bond acceptors (Lipinski definition) is 4. The molecule has 1 saturated carbocycles. The SMILES string of the molecule is O=C(O)C1CCC(C(=O)N2CCC3(S(=O)(=O)c4ccc(F)cc4)c4ccc(Cc5c(F)cccc5Cl)cc4CCC23)CC1. The third-order valence-electron chi connectivity index (χ3n) is 9.71. The Morgan fingerprint density at radius 1 is 0.953 bits per heavy atom. The minimum absolute atomic E-state index is 0.00905. The maximum Gasteiger partial charge on any atom is 0.306 e. The van der Waals surface area contributed by atoms with Crippen molar-refractivity contribution < 1.29 is 31.9 Å². The third-order valence-corrected chi connectivity index (χ3v) is 12.6. The predicted octanol–water partition coefficient (Wildman–Crippen LogP) is 6.32. The maximum atomic E-state index is 14.6. The summed E-state index contributed by atoms with van der Waals surface area (Å²) in [6, 6.07) is 14.2. The highest BCUT2D eigenvalue weighted by Gasteiger charge is 2.61. The van der Waals surface area contributed by atoms with Crippen LogP contribution in [0.1, 0.15) is 60.8 Å². The zero-order valence-electron chi connectivity index (χ0n) is 23.4. The lowest BCUT2D eigenvalue weighted by Gasteiger charge is -2.43. The van der Waals surface area contributed by atoms with Crippen LogP contribution in [0.3, 0.4) is 0 Å². The van der Waals surface area contributed by atoms with Gasteiger partial charge in [0.15, 0.2) is 9.84 Å². The lowest BCUT2D eigenvalue weighted by Crippen LogP contribution is -2.53. The van der Waals surface area contributed by atoms with Crippen LogP contribution < -0.4 is 0 Å². The Kier molecular flexibility index (Phi) is 7.84. The molecule has 1 saturated heterocycles. The topological polar surface area (TPSA) is 91.8 Å². The van der Waals surface area contributed by atoms with Crippen molar-refractivity contribution in [1.82, 2.24) is 4.90 Å². The van der Waals surface area contributed by atoms with E-state index in [0.29, 0.717) is 54.7 Å². The summed E-state index contributed by atoms with van der Waals surface area (Å²) in [4.78, 5) is 27.1. The molecule has 1 heterocycles. The van der Waals surface area contributed by atoms with E-state index >= 15 is 0 Å². The summed E-state index contributed by atoms with van der Waals surface area (Å²) >= 11 is 6.28. The molecule has 10 heteroatoms. The molecule has 2 aliphatic carbocycles. The number of halogens is 3. The number of carboxylic acid groups (broad SMARTS) is 1. The van der Waals surface area contributed by atoms with Crippen LogP contribution in [0.25, 0.3) is 0 Å². The van der Waals surface area contributed by atoms with Gasteiger partial charge in [0.05, 0.1) is 16.9 Å². The fourth-order valence-electron chi connectivity index (χ4n) is 7.51. The summed E-state index contributed by atoms with van der Waals surface area (Å²) < 4.78 is 56.1. The number of sulfone groups is 1. The Bertz CT molecular complexity index is 1670. The van der Waals surface area contributed by atoms with Gasteiger partial charge >= 0.3 is 5.97 Å². The molecule has 0 spiro atoms. The largest absolute Gasteiger partial charge is 0.481 e. The highest BCUT2D eigenvalue weighted by Crippen LogP contribution is 2.53. The van der Waals surface area contributed by atoms with Crippen LogP contribution in [0.4, 0.5) is 8.78 Å². The molecule has 2 atom stereocenters. The van der Waals surface area contributed by atoms with Gasteiger partial charge in [-0.05, 0) is 98.0 Å². The third kappa shape index (κ3) is 5.04. The molecule has 6 rings (SSSR count). The molecule has 1 amide bonds. The van der Waals surface area contributed by atoms with Gasteiger partial charge < -0.3 is 10.0 Å². The number of carboxylic acids is 1.